The number of carbonyl (C=O) groups excluding carboxylic acids is 2. The van der Waals surface area contributed by atoms with E-state index in [0.717, 1.165) is 0 Å². The van der Waals surface area contributed by atoms with Gasteiger partial charge in [-0.2, -0.15) is 0 Å². The summed E-state index contributed by atoms with van der Waals surface area (Å²) in [5.74, 6) is -1.30. The molecule has 0 bridgehead atoms. The Kier molecular flexibility index (Phi) is 4.85. The van der Waals surface area contributed by atoms with Gasteiger partial charge in [0.05, 0.1) is 18.0 Å². The van der Waals surface area contributed by atoms with Gasteiger partial charge in [0.2, 0.25) is 5.91 Å². The van der Waals surface area contributed by atoms with Crippen LogP contribution in [0.2, 0.25) is 0 Å². The molecule has 1 fully saturated rings. The molecule has 0 radical (unpaired) electrons. The summed E-state index contributed by atoms with van der Waals surface area (Å²) in [5.41, 5.74) is 0.398. The van der Waals surface area contributed by atoms with Crippen molar-refractivity contribution >= 4 is 17.8 Å². The molecule has 1 aliphatic rings. The predicted molar refractivity (Wildman–Crippen MR) is 77.3 cm³/mol. The molecule has 1 unspecified atom stereocenters. The first-order valence-electron chi connectivity index (χ1n) is 7.19. The monoisotopic (exact) mass is 308 g/mol. The maximum absolute atomic E-state index is 12.2. The molecule has 0 saturated carbocycles. The van der Waals surface area contributed by atoms with Crippen molar-refractivity contribution in [2.45, 2.75) is 19.8 Å². The molecular weight excluding hydrogens is 288 g/mol. The number of hydrogen-bond donors (Lipinski definition) is 1. The van der Waals surface area contributed by atoms with Crippen LogP contribution in [0.15, 0.2) is 16.7 Å². The lowest BCUT2D eigenvalue weighted by Crippen LogP contribution is -2.46. The molecule has 0 aliphatic carbocycles. The fourth-order valence-corrected chi connectivity index (χ4v) is 2.56. The summed E-state index contributed by atoms with van der Waals surface area (Å²) in [6.45, 7) is 2.41. The minimum atomic E-state index is -0.879. The van der Waals surface area contributed by atoms with Gasteiger partial charge in [-0.25, -0.2) is 0 Å². The van der Waals surface area contributed by atoms with Crippen LogP contribution in [0.5, 0.6) is 0 Å². The van der Waals surface area contributed by atoms with Gasteiger partial charge < -0.3 is 19.3 Å². The number of rotatable bonds is 4. The average molecular weight is 308 g/mol. The summed E-state index contributed by atoms with van der Waals surface area (Å²) in [7, 11) is 1.54. The molecule has 2 rings (SSSR count). The number of carboxylic acids is 1. The van der Waals surface area contributed by atoms with Crippen molar-refractivity contribution in [2.75, 3.05) is 26.7 Å². The van der Waals surface area contributed by atoms with E-state index in [2.05, 4.69) is 0 Å². The van der Waals surface area contributed by atoms with Crippen LogP contribution < -0.4 is 0 Å². The number of carboxylic acid groups (broad SMARTS) is 1. The standard InChI is InChI=1S/C15H20N2O5/c1-10-6-12(9-22-10)14(19)16(2)8-13(18)17-5-3-4-11(7-17)15(20)21/h6,9,11H,3-5,7-8H2,1-2H3,(H,20,21). The molecule has 0 aromatic carbocycles. The quantitative estimate of drug-likeness (QED) is 0.895. The summed E-state index contributed by atoms with van der Waals surface area (Å²) in [6.07, 6.45) is 2.61. The second-order valence-corrected chi connectivity index (χ2v) is 5.62. The van der Waals surface area contributed by atoms with Crippen LogP contribution in [-0.4, -0.2) is 59.4 Å². The maximum atomic E-state index is 12.2. The molecular formula is C15H20N2O5. The number of likely N-dealkylation sites (tertiary alicyclic amines) is 1. The molecule has 7 nitrogen and oxygen atoms in total. The highest BCUT2D eigenvalue weighted by atomic mass is 16.4. The fraction of sp³-hybridized carbons (Fsp3) is 0.533. The Morgan fingerprint density at radius 2 is 2.18 bits per heavy atom. The molecule has 1 N–H and O–H groups in total. The molecule has 1 atom stereocenters. The Morgan fingerprint density at radius 1 is 1.45 bits per heavy atom. The van der Waals surface area contributed by atoms with Crippen molar-refractivity contribution in [3.05, 3.63) is 23.7 Å². The Morgan fingerprint density at radius 3 is 2.77 bits per heavy atom. The van der Waals surface area contributed by atoms with E-state index < -0.39 is 11.9 Å². The van der Waals surface area contributed by atoms with Crippen LogP contribution in [0.1, 0.15) is 29.0 Å². The average Bonchev–Trinajstić information content (AvgIpc) is 2.93. The van der Waals surface area contributed by atoms with E-state index >= 15 is 0 Å². The lowest BCUT2D eigenvalue weighted by molar-refractivity contribution is -0.145. The van der Waals surface area contributed by atoms with Crippen LogP contribution in [-0.2, 0) is 9.59 Å². The zero-order chi connectivity index (χ0) is 16.3. The SMILES string of the molecule is Cc1cc(C(=O)N(C)CC(=O)N2CCCC(C(=O)O)C2)co1. The van der Waals surface area contributed by atoms with Crippen molar-refractivity contribution in [3.8, 4) is 0 Å². The van der Waals surface area contributed by atoms with Crippen molar-refractivity contribution in [3.63, 3.8) is 0 Å². The highest BCUT2D eigenvalue weighted by Crippen LogP contribution is 2.17. The van der Waals surface area contributed by atoms with Crippen LogP contribution in [0.4, 0.5) is 0 Å². The number of aryl methyl sites for hydroxylation is 1. The van der Waals surface area contributed by atoms with Gasteiger partial charge in [0.25, 0.3) is 5.91 Å². The van der Waals surface area contributed by atoms with Crippen molar-refractivity contribution < 1.29 is 23.9 Å². The molecule has 2 amide bonds. The Balaban J connectivity index is 1.93. The largest absolute Gasteiger partial charge is 0.481 e. The van der Waals surface area contributed by atoms with Gasteiger partial charge in [0.15, 0.2) is 0 Å². The topological polar surface area (TPSA) is 91.1 Å². The maximum Gasteiger partial charge on any atom is 0.308 e. The minimum absolute atomic E-state index is 0.0740. The zero-order valence-corrected chi connectivity index (χ0v) is 12.7. The van der Waals surface area contributed by atoms with Crippen molar-refractivity contribution in [1.29, 1.82) is 0 Å². The molecule has 1 aromatic rings. The zero-order valence-electron chi connectivity index (χ0n) is 12.7. The summed E-state index contributed by atoms with van der Waals surface area (Å²) < 4.78 is 5.09. The Bertz CT molecular complexity index is 580. The molecule has 1 aliphatic heterocycles. The highest BCUT2D eigenvalue weighted by molar-refractivity contribution is 5.96. The van der Waals surface area contributed by atoms with E-state index in [-0.39, 0.29) is 24.9 Å². The van der Waals surface area contributed by atoms with E-state index in [1.54, 1.807) is 20.0 Å². The van der Waals surface area contributed by atoms with E-state index in [1.807, 2.05) is 0 Å². The minimum Gasteiger partial charge on any atom is -0.481 e. The molecule has 1 aromatic heterocycles. The van der Waals surface area contributed by atoms with E-state index in [1.165, 1.54) is 16.1 Å². The van der Waals surface area contributed by atoms with Gasteiger partial charge in [-0.1, -0.05) is 0 Å². The third-order valence-corrected chi connectivity index (χ3v) is 3.82. The third kappa shape index (κ3) is 3.66. The summed E-state index contributed by atoms with van der Waals surface area (Å²) in [4.78, 5) is 38.2. The Hall–Kier alpha value is -2.31. The summed E-state index contributed by atoms with van der Waals surface area (Å²) in [6, 6.07) is 1.62. The molecule has 22 heavy (non-hydrogen) atoms. The fourth-order valence-electron chi connectivity index (χ4n) is 2.56. The van der Waals surface area contributed by atoms with Gasteiger partial charge in [-0.15, -0.1) is 0 Å². The van der Waals surface area contributed by atoms with Gasteiger partial charge in [-0.05, 0) is 25.8 Å². The molecule has 0 spiro atoms. The first-order chi connectivity index (χ1) is 10.4. The first kappa shape index (κ1) is 16.1. The van der Waals surface area contributed by atoms with Crippen LogP contribution >= 0.6 is 0 Å². The highest BCUT2D eigenvalue weighted by Gasteiger charge is 2.29. The first-order valence-corrected chi connectivity index (χ1v) is 7.19. The summed E-state index contributed by atoms with van der Waals surface area (Å²) >= 11 is 0. The number of furan rings is 1. The van der Waals surface area contributed by atoms with Crippen LogP contribution in [0, 0.1) is 12.8 Å². The lowest BCUT2D eigenvalue weighted by Gasteiger charge is -2.31. The number of aliphatic carboxylic acids is 1. The smallest absolute Gasteiger partial charge is 0.308 e. The second-order valence-electron chi connectivity index (χ2n) is 5.62. The van der Waals surface area contributed by atoms with E-state index in [9.17, 15) is 14.4 Å². The van der Waals surface area contributed by atoms with Gasteiger partial charge in [0, 0.05) is 20.1 Å². The van der Waals surface area contributed by atoms with Gasteiger partial charge >= 0.3 is 5.97 Å². The predicted octanol–water partition coefficient (Wildman–Crippen LogP) is 0.983. The number of amides is 2. The van der Waals surface area contributed by atoms with Crippen LogP contribution in [0.25, 0.3) is 0 Å². The van der Waals surface area contributed by atoms with Gasteiger partial charge in [-0.3, -0.25) is 14.4 Å². The molecule has 7 heteroatoms. The van der Waals surface area contributed by atoms with Crippen LogP contribution in [0.3, 0.4) is 0 Å². The number of nitrogens with zero attached hydrogens (tertiary/aromatic N) is 2. The number of likely N-dealkylation sites (N-methyl/N-ethyl adjacent to an activating group) is 1. The third-order valence-electron chi connectivity index (χ3n) is 3.82. The van der Waals surface area contributed by atoms with Crippen molar-refractivity contribution in [1.82, 2.24) is 9.80 Å². The lowest BCUT2D eigenvalue weighted by atomic mass is 9.98. The second kappa shape index (κ2) is 6.64. The summed E-state index contributed by atoms with van der Waals surface area (Å²) in [5, 5.41) is 9.05. The molecule has 2 heterocycles. The van der Waals surface area contributed by atoms with Crippen molar-refractivity contribution in [2.24, 2.45) is 5.92 Å². The number of piperidine rings is 1. The van der Waals surface area contributed by atoms with E-state index in [0.29, 0.717) is 30.7 Å². The normalized spacial score (nSPS) is 18.1. The van der Waals surface area contributed by atoms with Gasteiger partial charge in [0.1, 0.15) is 12.0 Å². The molecule has 1 saturated heterocycles. The number of carbonyl (C=O) groups is 3. The van der Waals surface area contributed by atoms with E-state index in [4.69, 9.17) is 9.52 Å². The number of hydrogen-bond acceptors (Lipinski definition) is 4. The molecule has 120 valence electrons. The Labute approximate surface area is 128 Å².